The number of nitrogens with two attached hydrogens (primary N) is 1. The average molecular weight is 266 g/mol. The predicted molar refractivity (Wildman–Crippen MR) is 76.4 cm³/mol. The van der Waals surface area contributed by atoms with E-state index in [1.807, 2.05) is 20.8 Å². The van der Waals surface area contributed by atoms with Gasteiger partial charge >= 0.3 is 0 Å². The molecule has 19 heavy (non-hydrogen) atoms. The third-order valence-corrected chi connectivity index (χ3v) is 3.36. The Morgan fingerprint density at radius 3 is 2.58 bits per heavy atom. The zero-order valence-electron chi connectivity index (χ0n) is 11.9. The summed E-state index contributed by atoms with van der Waals surface area (Å²) in [5.41, 5.74) is 6.11. The van der Waals surface area contributed by atoms with Crippen LogP contribution in [0.4, 0.5) is 10.1 Å². The molecule has 3 nitrogen and oxygen atoms in total. The van der Waals surface area contributed by atoms with Crippen molar-refractivity contribution in [3.8, 4) is 0 Å². The van der Waals surface area contributed by atoms with Crippen LogP contribution in [0.3, 0.4) is 0 Å². The van der Waals surface area contributed by atoms with Gasteiger partial charge in [0.1, 0.15) is 5.82 Å². The van der Waals surface area contributed by atoms with Crippen molar-refractivity contribution in [3.05, 3.63) is 30.1 Å². The zero-order valence-corrected chi connectivity index (χ0v) is 11.9. The summed E-state index contributed by atoms with van der Waals surface area (Å²) in [5, 5.41) is 0. The van der Waals surface area contributed by atoms with E-state index >= 15 is 0 Å². The monoisotopic (exact) mass is 266 g/mol. The van der Waals surface area contributed by atoms with Crippen molar-refractivity contribution < 1.29 is 9.18 Å². The lowest BCUT2D eigenvalue weighted by Crippen LogP contribution is -2.38. The molecule has 0 spiro atoms. The van der Waals surface area contributed by atoms with Gasteiger partial charge in [-0.15, -0.1) is 0 Å². The second-order valence-electron chi connectivity index (χ2n) is 5.14. The van der Waals surface area contributed by atoms with Crippen LogP contribution in [0.1, 0.15) is 27.2 Å². The van der Waals surface area contributed by atoms with Gasteiger partial charge in [0.15, 0.2) is 0 Å². The van der Waals surface area contributed by atoms with Gasteiger partial charge in [0, 0.05) is 18.2 Å². The van der Waals surface area contributed by atoms with E-state index in [0.29, 0.717) is 25.2 Å². The van der Waals surface area contributed by atoms with E-state index in [4.69, 9.17) is 5.73 Å². The fourth-order valence-electron chi connectivity index (χ4n) is 1.79. The van der Waals surface area contributed by atoms with E-state index in [1.54, 1.807) is 17.0 Å². The minimum absolute atomic E-state index is 0.0223. The third kappa shape index (κ3) is 4.31. The Morgan fingerprint density at radius 1 is 1.37 bits per heavy atom. The molecular formula is C15H23FN2O. The fourth-order valence-corrected chi connectivity index (χ4v) is 1.79. The van der Waals surface area contributed by atoms with Crippen molar-refractivity contribution in [2.45, 2.75) is 27.2 Å². The highest BCUT2D eigenvalue weighted by Gasteiger charge is 2.24. The van der Waals surface area contributed by atoms with Crippen LogP contribution in [0.15, 0.2) is 24.3 Å². The van der Waals surface area contributed by atoms with Crippen LogP contribution in [-0.2, 0) is 4.79 Å². The second kappa shape index (κ2) is 7.24. The number of benzene rings is 1. The maximum absolute atomic E-state index is 13.3. The summed E-state index contributed by atoms with van der Waals surface area (Å²) in [6, 6.07) is 6.14. The van der Waals surface area contributed by atoms with Gasteiger partial charge in [-0.25, -0.2) is 4.39 Å². The molecule has 2 N–H and O–H groups in total. The van der Waals surface area contributed by atoms with Crippen LogP contribution in [0.2, 0.25) is 0 Å². The summed E-state index contributed by atoms with van der Waals surface area (Å²) in [5.74, 6) is -0.156. The number of carbonyl (C=O) groups is 1. The van der Waals surface area contributed by atoms with E-state index in [1.165, 1.54) is 12.1 Å². The van der Waals surface area contributed by atoms with Gasteiger partial charge in [-0.3, -0.25) is 4.79 Å². The van der Waals surface area contributed by atoms with E-state index in [0.717, 1.165) is 0 Å². The number of nitrogens with zero attached hydrogens (tertiary/aromatic N) is 1. The highest BCUT2D eigenvalue weighted by atomic mass is 19.1. The molecule has 0 aliphatic carbocycles. The van der Waals surface area contributed by atoms with Gasteiger partial charge in [-0.1, -0.05) is 26.8 Å². The minimum Gasteiger partial charge on any atom is -0.330 e. The van der Waals surface area contributed by atoms with Crippen molar-refractivity contribution in [2.75, 3.05) is 18.0 Å². The number of hydrogen-bond acceptors (Lipinski definition) is 2. The SMILES string of the molecule is CC(C)C(C)C(=O)N(CCCN)c1cccc(F)c1. The van der Waals surface area contributed by atoms with Crippen molar-refractivity contribution >= 4 is 11.6 Å². The lowest BCUT2D eigenvalue weighted by Gasteiger charge is -2.27. The van der Waals surface area contributed by atoms with Crippen molar-refractivity contribution in [1.82, 2.24) is 0 Å². The second-order valence-corrected chi connectivity index (χ2v) is 5.14. The molecule has 1 rings (SSSR count). The number of carbonyl (C=O) groups excluding carboxylic acids is 1. The third-order valence-electron chi connectivity index (χ3n) is 3.36. The summed E-state index contributed by atoms with van der Waals surface area (Å²) in [4.78, 5) is 14.1. The molecule has 1 amide bonds. The molecule has 0 fully saturated rings. The molecule has 0 aliphatic heterocycles. The number of rotatable bonds is 6. The smallest absolute Gasteiger partial charge is 0.230 e. The van der Waals surface area contributed by atoms with Crippen LogP contribution < -0.4 is 10.6 Å². The highest BCUT2D eigenvalue weighted by molar-refractivity contribution is 5.94. The van der Waals surface area contributed by atoms with Gasteiger partial charge in [-0.2, -0.15) is 0 Å². The number of hydrogen-bond donors (Lipinski definition) is 1. The molecule has 0 radical (unpaired) electrons. The number of halogens is 1. The average Bonchev–Trinajstić information content (AvgIpc) is 2.38. The Morgan fingerprint density at radius 2 is 2.05 bits per heavy atom. The molecule has 0 saturated carbocycles. The van der Waals surface area contributed by atoms with E-state index in [2.05, 4.69) is 0 Å². The molecule has 1 aromatic rings. The minimum atomic E-state index is -0.333. The first-order chi connectivity index (χ1) is 8.97. The number of amides is 1. The van der Waals surface area contributed by atoms with Gasteiger partial charge in [0.2, 0.25) is 5.91 Å². The molecule has 0 saturated heterocycles. The molecule has 1 atom stereocenters. The first-order valence-electron chi connectivity index (χ1n) is 6.74. The fraction of sp³-hybridized carbons (Fsp3) is 0.533. The van der Waals surface area contributed by atoms with Gasteiger partial charge in [0.05, 0.1) is 0 Å². The zero-order chi connectivity index (χ0) is 14.4. The van der Waals surface area contributed by atoms with E-state index < -0.39 is 0 Å². The molecule has 0 bridgehead atoms. The summed E-state index contributed by atoms with van der Waals surface area (Å²) in [7, 11) is 0. The lowest BCUT2D eigenvalue weighted by molar-refractivity contribution is -0.123. The molecule has 1 aromatic carbocycles. The molecule has 0 aromatic heterocycles. The molecule has 1 unspecified atom stereocenters. The predicted octanol–water partition coefficient (Wildman–Crippen LogP) is 2.80. The Bertz CT molecular complexity index is 420. The molecule has 4 heteroatoms. The molecule has 0 aliphatic rings. The largest absolute Gasteiger partial charge is 0.330 e. The molecule has 106 valence electrons. The molecule has 0 heterocycles. The number of anilines is 1. The summed E-state index contributed by atoms with van der Waals surface area (Å²) >= 11 is 0. The maximum atomic E-state index is 13.3. The van der Waals surface area contributed by atoms with Gasteiger partial charge in [-0.05, 0) is 37.1 Å². The van der Waals surface area contributed by atoms with Crippen LogP contribution >= 0.6 is 0 Å². The summed E-state index contributed by atoms with van der Waals surface area (Å²) < 4.78 is 13.3. The molecular weight excluding hydrogens is 243 g/mol. The van der Waals surface area contributed by atoms with Crippen molar-refractivity contribution in [2.24, 2.45) is 17.6 Å². The Labute approximate surface area is 114 Å². The first kappa shape index (κ1) is 15.6. The quantitative estimate of drug-likeness (QED) is 0.860. The first-order valence-corrected chi connectivity index (χ1v) is 6.74. The van der Waals surface area contributed by atoms with E-state index in [9.17, 15) is 9.18 Å². The highest BCUT2D eigenvalue weighted by Crippen LogP contribution is 2.21. The lowest BCUT2D eigenvalue weighted by atomic mass is 9.96. The van der Waals surface area contributed by atoms with Crippen LogP contribution in [-0.4, -0.2) is 19.0 Å². The van der Waals surface area contributed by atoms with Crippen LogP contribution in [0.25, 0.3) is 0 Å². The Hall–Kier alpha value is -1.42. The summed E-state index contributed by atoms with van der Waals surface area (Å²) in [6.45, 7) is 6.96. The van der Waals surface area contributed by atoms with E-state index in [-0.39, 0.29) is 23.6 Å². The normalized spacial score (nSPS) is 12.5. The van der Waals surface area contributed by atoms with Crippen molar-refractivity contribution in [3.63, 3.8) is 0 Å². The van der Waals surface area contributed by atoms with Crippen LogP contribution in [0, 0.1) is 17.7 Å². The van der Waals surface area contributed by atoms with Crippen LogP contribution in [0.5, 0.6) is 0 Å². The Balaban J connectivity index is 2.97. The van der Waals surface area contributed by atoms with Crippen molar-refractivity contribution in [1.29, 1.82) is 0 Å². The topological polar surface area (TPSA) is 46.3 Å². The summed E-state index contributed by atoms with van der Waals surface area (Å²) in [6.07, 6.45) is 0.701. The maximum Gasteiger partial charge on any atom is 0.230 e. The Kier molecular flexibility index (Phi) is 5.96. The van der Waals surface area contributed by atoms with Gasteiger partial charge in [0.25, 0.3) is 0 Å². The van der Waals surface area contributed by atoms with Gasteiger partial charge < -0.3 is 10.6 Å². The standard InChI is InChI=1S/C15H23FN2O/c1-11(2)12(3)15(19)18(9-5-8-17)14-7-4-6-13(16)10-14/h4,6-7,10-12H,5,8-9,17H2,1-3H3.